The molecule has 2 fully saturated rings. The van der Waals surface area contributed by atoms with Crippen LogP contribution in [0.5, 0.6) is 0 Å². The lowest BCUT2D eigenvalue weighted by atomic mass is 9.67. The summed E-state index contributed by atoms with van der Waals surface area (Å²) >= 11 is 12.4. The van der Waals surface area contributed by atoms with Crippen LogP contribution in [0.15, 0.2) is 12.1 Å². The number of hydrogen-bond acceptors (Lipinski definition) is 4. The first-order valence-corrected chi connectivity index (χ1v) is 10.2. The topological polar surface area (TPSA) is 55.3 Å². The largest absolute Gasteiger partial charge is 0.378 e. The van der Waals surface area contributed by atoms with E-state index in [1.165, 1.54) is 0 Å². The molecule has 5 rings (SSSR count). The van der Waals surface area contributed by atoms with Gasteiger partial charge in [-0.25, -0.2) is 9.97 Å². The number of nitrogens with zero attached hydrogens (tertiary/aromatic N) is 3. The number of ether oxygens (including phenoxy) is 1. The Morgan fingerprint density at radius 1 is 1.15 bits per heavy atom. The summed E-state index contributed by atoms with van der Waals surface area (Å²) in [5.41, 5.74) is 2.37. The Bertz CT molecular complexity index is 971. The Hall–Kier alpha value is -1.43. The van der Waals surface area contributed by atoms with E-state index in [4.69, 9.17) is 37.9 Å². The van der Waals surface area contributed by atoms with Gasteiger partial charge in [-0.2, -0.15) is 0 Å². The maximum absolute atomic E-state index is 13.8. The van der Waals surface area contributed by atoms with Gasteiger partial charge in [0.1, 0.15) is 0 Å². The molecule has 27 heavy (non-hydrogen) atoms. The second-order valence-electron chi connectivity index (χ2n) is 8.34. The lowest BCUT2D eigenvalue weighted by molar-refractivity contribution is -0.145. The molecule has 1 aromatic carbocycles. The summed E-state index contributed by atoms with van der Waals surface area (Å²) in [7, 11) is 0. The van der Waals surface area contributed by atoms with Gasteiger partial charge >= 0.3 is 0 Å². The Morgan fingerprint density at radius 3 is 2.44 bits per heavy atom. The number of benzene rings is 1. The van der Waals surface area contributed by atoms with Crippen LogP contribution in [0.1, 0.15) is 44.0 Å². The number of aromatic nitrogens is 2. The Morgan fingerprint density at radius 2 is 1.78 bits per heavy atom. The van der Waals surface area contributed by atoms with Crippen LogP contribution in [-0.2, 0) is 14.9 Å². The Kier molecular flexibility index (Phi) is 3.78. The Labute approximate surface area is 168 Å². The van der Waals surface area contributed by atoms with Crippen molar-refractivity contribution in [3.63, 3.8) is 0 Å². The van der Waals surface area contributed by atoms with E-state index >= 15 is 0 Å². The van der Waals surface area contributed by atoms with E-state index in [1.807, 2.05) is 4.90 Å². The fourth-order valence-electron chi connectivity index (χ4n) is 5.39. The lowest BCUT2D eigenvalue weighted by Gasteiger charge is -2.41. The molecule has 2 atom stereocenters. The normalized spacial score (nSPS) is 28.6. The van der Waals surface area contributed by atoms with E-state index in [-0.39, 0.29) is 17.2 Å². The fraction of sp³-hybridized carbons (Fsp3) is 0.550. The van der Waals surface area contributed by atoms with Gasteiger partial charge in [0.25, 0.3) is 0 Å². The highest BCUT2D eigenvalue weighted by Crippen LogP contribution is 2.67. The predicted molar refractivity (Wildman–Crippen MR) is 104 cm³/mol. The van der Waals surface area contributed by atoms with Crippen LogP contribution < -0.4 is 0 Å². The van der Waals surface area contributed by atoms with Crippen LogP contribution in [-0.4, -0.2) is 47.1 Å². The molecule has 7 heteroatoms. The number of rotatable bonds is 1. The highest BCUT2D eigenvalue weighted by molar-refractivity contribution is 6.42. The van der Waals surface area contributed by atoms with Gasteiger partial charge < -0.3 is 9.64 Å². The third-order valence-corrected chi connectivity index (χ3v) is 7.63. The maximum atomic E-state index is 13.8. The standard InChI is InChI=1S/C20H21Cl2N3O2/c1-19(2)11-3-4-20(19,18(26)25-5-7-27-8-6-25)17-16(11)23-14-9-12(21)13(22)10-15(14)24-17/h9-11H,3-8H2,1-2H3. The first-order valence-electron chi connectivity index (χ1n) is 9.40. The highest BCUT2D eigenvalue weighted by Gasteiger charge is 2.68. The minimum absolute atomic E-state index is 0.172. The van der Waals surface area contributed by atoms with Crippen molar-refractivity contribution in [1.29, 1.82) is 0 Å². The molecule has 2 unspecified atom stereocenters. The van der Waals surface area contributed by atoms with E-state index in [1.54, 1.807) is 12.1 Å². The minimum Gasteiger partial charge on any atom is -0.378 e. The van der Waals surface area contributed by atoms with Gasteiger partial charge in [0, 0.05) is 19.0 Å². The zero-order valence-corrected chi connectivity index (χ0v) is 16.9. The molecule has 2 bridgehead atoms. The number of halogens is 2. The molecule has 1 saturated carbocycles. The smallest absolute Gasteiger partial charge is 0.235 e. The quantitative estimate of drug-likeness (QED) is 0.720. The van der Waals surface area contributed by atoms with Crippen molar-refractivity contribution < 1.29 is 9.53 Å². The van der Waals surface area contributed by atoms with Crippen molar-refractivity contribution >= 4 is 40.1 Å². The van der Waals surface area contributed by atoms with E-state index in [9.17, 15) is 4.79 Å². The number of fused-ring (bicyclic) bond motifs is 6. The van der Waals surface area contributed by atoms with Crippen LogP contribution in [0.25, 0.3) is 11.0 Å². The minimum atomic E-state index is -0.627. The van der Waals surface area contributed by atoms with E-state index in [0.29, 0.717) is 41.9 Å². The summed E-state index contributed by atoms with van der Waals surface area (Å²) in [4.78, 5) is 25.6. The van der Waals surface area contributed by atoms with Crippen molar-refractivity contribution in [2.75, 3.05) is 26.3 Å². The van der Waals surface area contributed by atoms with E-state index < -0.39 is 5.41 Å². The lowest BCUT2D eigenvalue weighted by Crippen LogP contribution is -2.54. The highest BCUT2D eigenvalue weighted by atomic mass is 35.5. The summed E-state index contributed by atoms with van der Waals surface area (Å²) in [5.74, 6) is 0.398. The van der Waals surface area contributed by atoms with Gasteiger partial charge in [0.15, 0.2) is 0 Å². The molecule has 2 heterocycles. The maximum Gasteiger partial charge on any atom is 0.235 e. The van der Waals surface area contributed by atoms with Crippen molar-refractivity contribution in [3.05, 3.63) is 33.6 Å². The van der Waals surface area contributed by atoms with Crippen LogP contribution >= 0.6 is 23.2 Å². The van der Waals surface area contributed by atoms with E-state index in [2.05, 4.69) is 13.8 Å². The predicted octanol–water partition coefficient (Wildman–Crippen LogP) is 3.95. The second kappa shape index (κ2) is 5.79. The molecule has 0 spiro atoms. The molecule has 5 nitrogen and oxygen atoms in total. The average molecular weight is 406 g/mol. The van der Waals surface area contributed by atoms with Gasteiger partial charge in [-0.1, -0.05) is 37.0 Å². The first kappa shape index (κ1) is 17.7. The molecule has 2 aromatic rings. The monoisotopic (exact) mass is 405 g/mol. The molecular formula is C20H21Cl2N3O2. The molecule has 1 aliphatic heterocycles. The summed E-state index contributed by atoms with van der Waals surface area (Å²) in [6.45, 7) is 6.85. The molecule has 3 aliphatic rings. The van der Waals surface area contributed by atoms with Gasteiger partial charge in [0.05, 0.1) is 51.1 Å². The van der Waals surface area contributed by atoms with Crippen molar-refractivity contribution in [2.24, 2.45) is 5.41 Å². The number of carbonyl (C=O) groups is 1. The van der Waals surface area contributed by atoms with Gasteiger partial charge in [-0.15, -0.1) is 0 Å². The molecule has 0 radical (unpaired) electrons. The zero-order valence-electron chi connectivity index (χ0n) is 15.4. The molecule has 2 aliphatic carbocycles. The van der Waals surface area contributed by atoms with Gasteiger partial charge in [-0.3, -0.25) is 4.79 Å². The van der Waals surface area contributed by atoms with Crippen LogP contribution in [0.2, 0.25) is 10.0 Å². The van der Waals surface area contributed by atoms with Crippen LogP contribution in [0, 0.1) is 5.41 Å². The summed E-state index contributed by atoms with van der Waals surface area (Å²) in [6, 6.07) is 3.51. The van der Waals surface area contributed by atoms with Gasteiger partial charge in [-0.05, 0) is 30.4 Å². The summed E-state index contributed by atoms with van der Waals surface area (Å²) < 4.78 is 5.44. The van der Waals surface area contributed by atoms with Crippen molar-refractivity contribution in [2.45, 2.75) is 38.0 Å². The van der Waals surface area contributed by atoms with Gasteiger partial charge in [0.2, 0.25) is 5.91 Å². The number of carbonyl (C=O) groups excluding carboxylic acids is 1. The third-order valence-electron chi connectivity index (χ3n) is 6.91. The Balaban J connectivity index is 1.71. The molecule has 1 aromatic heterocycles. The SMILES string of the molecule is CC1(C)C2CCC1(C(=O)N1CCOCC1)c1nc3cc(Cl)c(Cl)cc3nc12. The molecular weight excluding hydrogens is 385 g/mol. The van der Waals surface area contributed by atoms with Crippen molar-refractivity contribution in [3.8, 4) is 0 Å². The molecule has 1 saturated heterocycles. The first-order chi connectivity index (χ1) is 12.9. The second-order valence-corrected chi connectivity index (χ2v) is 9.15. The zero-order chi connectivity index (χ0) is 19.0. The van der Waals surface area contributed by atoms with Crippen LogP contribution in [0.3, 0.4) is 0 Å². The van der Waals surface area contributed by atoms with E-state index in [0.717, 1.165) is 29.7 Å². The number of morpholine rings is 1. The summed E-state index contributed by atoms with van der Waals surface area (Å²) in [5, 5.41) is 0.925. The average Bonchev–Trinajstić information content (AvgIpc) is 3.03. The molecule has 0 N–H and O–H groups in total. The fourth-order valence-corrected chi connectivity index (χ4v) is 5.70. The molecule has 142 valence electrons. The van der Waals surface area contributed by atoms with Crippen molar-refractivity contribution in [1.82, 2.24) is 14.9 Å². The summed E-state index contributed by atoms with van der Waals surface area (Å²) in [6.07, 6.45) is 1.77. The number of hydrogen-bond donors (Lipinski definition) is 0. The number of amides is 1. The van der Waals surface area contributed by atoms with Crippen LogP contribution in [0.4, 0.5) is 0 Å². The third kappa shape index (κ3) is 2.19. The molecule has 1 amide bonds.